The van der Waals surface area contributed by atoms with Crippen LogP contribution >= 0.6 is 27.5 Å². The Balaban J connectivity index is 2.26. The first-order valence-corrected chi connectivity index (χ1v) is 8.19. The number of rotatable bonds is 6. The standard InChI is InChI=1S/C15H18BrClN2O2/c1-4-20-13-7-5-6-11(8-16)14(13)21-9-12-10(2)18-19(3)15(12)17/h5-7H,4,8-9H2,1-3H3. The third-order valence-electron chi connectivity index (χ3n) is 3.13. The Labute approximate surface area is 138 Å². The molecule has 1 aromatic carbocycles. The van der Waals surface area contributed by atoms with Gasteiger partial charge in [-0.1, -0.05) is 39.7 Å². The Bertz CT molecular complexity index is 628. The molecular weight excluding hydrogens is 356 g/mol. The van der Waals surface area contributed by atoms with E-state index in [1.54, 1.807) is 4.68 Å². The molecule has 0 aliphatic carbocycles. The summed E-state index contributed by atoms with van der Waals surface area (Å²) >= 11 is 9.71. The molecule has 0 aliphatic heterocycles. The summed E-state index contributed by atoms with van der Waals surface area (Å²) in [7, 11) is 1.82. The number of aryl methyl sites for hydroxylation is 2. The summed E-state index contributed by atoms with van der Waals surface area (Å²) in [5, 5.41) is 5.58. The highest BCUT2D eigenvalue weighted by Crippen LogP contribution is 2.34. The Hall–Kier alpha value is -1.20. The molecule has 0 unspecified atom stereocenters. The quantitative estimate of drug-likeness (QED) is 0.710. The second-order valence-electron chi connectivity index (χ2n) is 4.58. The number of para-hydroxylation sites is 1. The summed E-state index contributed by atoms with van der Waals surface area (Å²) in [5.41, 5.74) is 2.81. The molecule has 0 atom stereocenters. The lowest BCUT2D eigenvalue weighted by Gasteiger charge is -2.15. The molecule has 1 aromatic heterocycles. The highest BCUT2D eigenvalue weighted by atomic mass is 79.9. The average molecular weight is 374 g/mol. The summed E-state index contributed by atoms with van der Waals surface area (Å²) in [6, 6.07) is 5.86. The van der Waals surface area contributed by atoms with Crippen molar-refractivity contribution < 1.29 is 9.47 Å². The van der Waals surface area contributed by atoms with Crippen molar-refractivity contribution in [2.75, 3.05) is 6.61 Å². The zero-order valence-electron chi connectivity index (χ0n) is 12.3. The minimum atomic E-state index is 0.364. The highest BCUT2D eigenvalue weighted by Gasteiger charge is 2.15. The van der Waals surface area contributed by atoms with Crippen molar-refractivity contribution in [2.24, 2.45) is 7.05 Å². The molecular formula is C15H18BrClN2O2. The van der Waals surface area contributed by atoms with Gasteiger partial charge in [0.25, 0.3) is 0 Å². The number of ether oxygens (including phenoxy) is 2. The smallest absolute Gasteiger partial charge is 0.165 e. The topological polar surface area (TPSA) is 36.3 Å². The van der Waals surface area contributed by atoms with E-state index in [-0.39, 0.29) is 0 Å². The SMILES string of the molecule is CCOc1cccc(CBr)c1OCc1c(C)nn(C)c1Cl. The predicted octanol–water partition coefficient (Wildman–Crippen LogP) is 4.25. The molecule has 0 amide bonds. The van der Waals surface area contributed by atoms with Crippen molar-refractivity contribution in [3.8, 4) is 11.5 Å². The summed E-state index contributed by atoms with van der Waals surface area (Å²) < 4.78 is 13.3. The minimum absolute atomic E-state index is 0.364. The zero-order valence-corrected chi connectivity index (χ0v) is 14.7. The second kappa shape index (κ2) is 7.18. The molecule has 4 nitrogen and oxygen atoms in total. The zero-order chi connectivity index (χ0) is 15.4. The number of nitrogens with zero attached hydrogens (tertiary/aromatic N) is 2. The number of benzene rings is 1. The molecule has 0 spiro atoms. The molecule has 0 bridgehead atoms. The lowest BCUT2D eigenvalue weighted by molar-refractivity contribution is 0.267. The van der Waals surface area contributed by atoms with Crippen molar-refractivity contribution in [3.05, 3.63) is 40.2 Å². The van der Waals surface area contributed by atoms with E-state index in [0.717, 1.165) is 28.3 Å². The van der Waals surface area contributed by atoms with Crippen LogP contribution in [-0.4, -0.2) is 16.4 Å². The molecule has 2 rings (SSSR count). The van der Waals surface area contributed by atoms with Crippen molar-refractivity contribution in [2.45, 2.75) is 25.8 Å². The highest BCUT2D eigenvalue weighted by molar-refractivity contribution is 9.08. The number of aromatic nitrogens is 2. The van der Waals surface area contributed by atoms with Gasteiger partial charge in [0, 0.05) is 23.5 Å². The Morgan fingerprint density at radius 2 is 2.10 bits per heavy atom. The van der Waals surface area contributed by atoms with E-state index in [4.69, 9.17) is 21.1 Å². The van der Waals surface area contributed by atoms with Crippen LogP contribution < -0.4 is 9.47 Å². The average Bonchev–Trinajstić information content (AvgIpc) is 2.71. The molecule has 0 saturated heterocycles. The third-order valence-corrected chi connectivity index (χ3v) is 4.21. The maximum atomic E-state index is 6.23. The van der Waals surface area contributed by atoms with Crippen molar-refractivity contribution in [1.29, 1.82) is 0 Å². The maximum absolute atomic E-state index is 6.23. The van der Waals surface area contributed by atoms with Gasteiger partial charge in [-0.05, 0) is 19.9 Å². The summed E-state index contributed by atoms with van der Waals surface area (Å²) in [4.78, 5) is 0. The summed E-state index contributed by atoms with van der Waals surface area (Å²) in [6.07, 6.45) is 0. The Morgan fingerprint density at radius 1 is 1.33 bits per heavy atom. The van der Waals surface area contributed by atoms with Gasteiger partial charge in [-0.15, -0.1) is 0 Å². The van der Waals surface area contributed by atoms with Gasteiger partial charge in [0.15, 0.2) is 11.5 Å². The third kappa shape index (κ3) is 3.52. The van der Waals surface area contributed by atoms with Crippen LogP contribution in [0.5, 0.6) is 11.5 Å². The van der Waals surface area contributed by atoms with Crippen LogP contribution in [0.2, 0.25) is 5.15 Å². The van der Waals surface area contributed by atoms with E-state index >= 15 is 0 Å². The molecule has 0 saturated carbocycles. The van der Waals surface area contributed by atoms with Gasteiger partial charge in [-0.2, -0.15) is 5.10 Å². The first-order chi connectivity index (χ1) is 10.1. The molecule has 114 valence electrons. The fraction of sp³-hybridized carbons (Fsp3) is 0.400. The van der Waals surface area contributed by atoms with E-state index in [9.17, 15) is 0 Å². The van der Waals surface area contributed by atoms with E-state index in [1.165, 1.54) is 0 Å². The monoisotopic (exact) mass is 372 g/mol. The van der Waals surface area contributed by atoms with Gasteiger partial charge in [0.05, 0.1) is 12.3 Å². The van der Waals surface area contributed by atoms with Gasteiger partial charge in [0.1, 0.15) is 11.8 Å². The van der Waals surface area contributed by atoms with Gasteiger partial charge < -0.3 is 9.47 Å². The molecule has 1 heterocycles. The maximum Gasteiger partial charge on any atom is 0.165 e. The fourth-order valence-corrected chi connectivity index (χ4v) is 2.75. The van der Waals surface area contributed by atoms with Crippen LogP contribution in [0.3, 0.4) is 0 Å². The van der Waals surface area contributed by atoms with E-state index < -0.39 is 0 Å². The molecule has 0 radical (unpaired) electrons. The number of hydrogen-bond acceptors (Lipinski definition) is 3. The molecule has 0 aliphatic rings. The van der Waals surface area contributed by atoms with Crippen molar-refractivity contribution in [1.82, 2.24) is 9.78 Å². The summed E-state index contributed by atoms with van der Waals surface area (Å²) in [6.45, 7) is 4.83. The second-order valence-corrected chi connectivity index (χ2v) is 5.50. The van der Waals surface area contributed by atoms with Crippen LogP contribution in [0, 0.1) is 6.92 Å². The molecule has 6 heteroatoms. The first-order valence-electron chi connectivity index (χ1n) is 6.69. The van der Waals surface area contributed by atoms with Gasteiger partial charge >= 0.3 is 0 Å². The first kappa shape index (κ1) is 16.2. The molecule has 21 heavy (non-hydrogen) atoms. The van der Waals surface area contributed by atoms with Gasteiger partial charge in [-0.25, -0.2) is 0 Å². The predicted molar refractivity (Wildman–Crippen MR) is 87.5 cm³/mol. The fourth-order valence-electron chi connectivity index (χ4n) is 2.08. The normalized spacial score (nSPS) is 10.7. The lowest BCUT2D eigenvalue weighted by atomic mass is 10.2. The van der Waals surface area contributed by atoms with Crippen molar-refractivity contribution >= 4 is 27.5 Å². The molecule has 0 fully saturated rings. The van der Waals surface area contributed by atoms with Crippen LogP contribution in [0.15, 0.2) is 18.2 Å². The van der Waals surface area contributed by atoms with Gasteiger partial charge in [0.2, 0.25) is 0 Å². The molecule has 0 N–H and O–H groups in total. The van der Waals surface area contributed by atoms with Crippen LogP contribution in [0.1, 0.15) is 23.7 Å². The number of alkyl halides is 1. The largest absolute Gasteiger partial charge is 0.490 e. The lowest BCUT2D eigenvalue weighted by Crippen LogP contribution is -2.03. The van der Waals surface area contributed by atoms with E-state index in [2.05, 4.69) is 21.0 Å². The summed E-state index contributed by atoms with van der Waals surface area (Å²) in [5.74, 6) is 1.49. The van der Waals surface area contributed by atoms with Crippen LogP contribution in [-0.2, 0) is 19.0 Å². The number of hydrogen-bond donors (Lipinski definition) is 0. The number of halogens is 2. The van der Waals surface area contributed by atoms with Gasteiger partial charge in [-0.3, -0.25) is 4.68 Å². The molecule has 2 aromatic rings. The Kier molecular flexibility index (Phi) is 5.53. The van der Waals surface area contributed by atoms with Crippen molar-refractivity contribution in [3.63, 3.8) is 0 Å². The minimum Gasteiger partial charge on any atom is -0.490 e. The van der Waals surface area contributed by atoms with E-state index in [1.807, 2.05) is 39.1 Å². The van der Waals surface area contributed by atoms with Crippen LogP contribution in [0.25, 0.3) is 0 Å². The van der Waals surface area contributed by atoms with Crippen LogP contribution in [0.4, 0.5) is 0 Å². The van der Waals surface area contributed by atoms with E-state index in [0.29, 0.717) is 23.7 Å². The Morgan fingerprint density at radius 3 is 2.67 bits per heavy atom.